The molecule has 0 saturated carbocycles. The van der Waals surface area contributed by atoms with Crippen molar-refractivity contribution >= 4 is 32.6 Å². The second-order valence-electron chi connectivity index (χ2n) is 2.94. The lowest BCUT2D eigenvalue weighted by Gasteiger charge is -1.90. The van der Waals surface area contributed by atoms with Crippen LogP contribution in [0.5, 0.6) is 0 Å². The summed E-state index contributed by atoms with van der Waals surface area (Å²) in [7, 11) is 0. The van der Waals surface area contributed by atoms with E-state index >= 15 is 0 Å². The number of aromatic nitrogens is 1. The van der Waals surface area contributed by atoms with Gasteiger partial charge in [0.25, 0.3) is 0 Å². The highest BCUT2D eigenvalue weighted by Crippen LogP contribution is 2.24. The maximum absolute atomic E-state index is 11.1. The summed E-state index contributed by atoms with van der Waals surface area (Å²) in [6.45, 7) is 1.55. The summed E-state index contributed by atoms with van der Waals surface area (Å²) < 4.78 is 1.01. The molecule has 0 aliphatic carbocycles. The highest BCUT2D eigenvalue weighted by atomic mass is 79.9. The Kier molecular flexibility index (Phi) is 1.96. The van der Waals surface area contributed by atoms with Gasteiger partial charge in [0.2, 0.25) is 0 Å². The number of fused-ring (bicyclic) bond motifs is 1. The van der Waals surface area contributed by atoms with Crippen LogP contribution in [0.1, 0.15) is 17.4 Å². The molecule has 0 saturated heterocycles. The van der Waals surface area contributed by atoms with Gasteiger partial charge in [-0.15, -0.1) is 0 Å². The minimum Gasteiger partial charge on any atom is -0.352 e. The first kappa shape index (κ1) is 8.51. The molecule has 0 aliphatic heterocycles. The van der Waals surface area contributed by atoms with E-state index in [1.165, 1.54) is 0 Å². The maximum Gasteiger partial charge on any atom is 0.175 e. The zero-order valence-corrected chi connectivity index (χ0v) is 8.68. The topological polar surface area (TPSA) is 32.9 Å². The van der Waals surface area contributed by atoms with Crippen molar-refractivity contribution in [3.8, 4) is 0 Å². The molecule has 0 bridgehead atoms. The molecule has 0 spiro atoms. The lowest BCUT2D eigenvalue weighted by Crippen LogP contribution is -1.89. The molecule has 2 nitrogen and oxygen atoms in total. The van der Waals surface area contributed by atoms with Crippen LogP contribution in [0.3, 0.4) is 0 Å². The summed E-state index contributed by atoms with van der Waals surface area (Å²) in [5, 5.41) is 1.05. The third-order valence-corrected chi connectivity index (χ3v) is 2.68. The van der Waals surface area contributed by atoms with Crippen LogP contribution in [0.25, 0.3) is 10.9 Å². The Labute approximate surface area is 84.1 Å². The lowest BCUT2D eigenvalue weighted by atomic mass is 10.2. The van der Waals surface area contributed by atoms with Crippen LogP contribution in [0, 0.1) is 0 Å². The van der Waals surface area contributed by atoms with Crippen molar-refractivity contribution in [2.75, 3.05) is 0 Å². The molecule has 0 atom stereocenters. The average Bonchev–Trinajstić information content (AvgIpc) is 2.49. The number of rotatable bonds is 1. The molecule has 0 amide bonds. The molecule has 13 heavy (non-hydrogen) atoms. The number of ketones is 1. The van der Waals surface area contributed by atoms with E-state index in [1.54, 1.807) is 6.92 Å². The Bertz CT molecular complexity index is 473. The Morgan fingerprint density at radius 3 is 2.85 bits per heavy atom. The van der Waals surface area contributed by atoms with Gasteiger partial charge in [-0.25, -0.2) is 0 Å². The van der Waals surface area contributed by atoms with Crippen molar-refractivity contribution in [2.24, 2.45) is 0 Å². The molecule has 0 aliphatic rings. The van der Waals surface area contributed by atoms with Gasteiger partial charge in [-0.3, -0.25) is 4.79 Å². The summed E-state index contributed by atoms with van der Waals surface area (Å²) in [6, 6.07) is 7.71. The normalized spacial score (nSPS) is 10.6. The molecule has 2 rings (SSSR count). The quantitative estimate of drug-likeness (QED) is 0.760. The van der Waals surface area contributed by atoms with Crippen LogP contribution in [-0.4, -0.2) is 10.8 Å². The molecule has 1 N–H and O–H groups in total. The number of H-pyrrole nitrogens is 1. The number of benzene rings is 1. The van der Waals surface area contributed by atoms with E-state index < -0.39 is 0 Å². The Morgan fingerprint density at radius 1 is 1.46 bits per heavy atom. The van der Waals surface area contributed by atoms with E-state index in [2.05, 4.69) is 20.9 Å². The van der Waals surface area contributed by atoms with Gasteiger partial charge in [0, 0.05) is 22.3 Å². The van der Waals surface area contributed by atoms with Crippen LogP contribution in [0.15, 0.2) is 28.7 Å². The highest BCUT2D eigenvalue weighted by molar-refractivity contribution is 9.10. The molecule has 0 unspecified atom stereocenters. The summed E-state index contributed by atoms with van der Waals surface area (Å²) in [6.07, 6.45) is 0. The average molecular weight is 238 g/mol. The number of hydrogen-bond acceptors (Lipinski definition) is 1. The van der Waals surface area contributed by atoms with E-state index in [-0.39, 0.29) is 5.78 Å². The van der Waals surface area contributed by atoms with E-state index in [9.17, 15) is 4.79 Å². The summed E-state index contributed by atoms with van der Waals surface area (Å²) in [4.78, 5) is 14.1. The Balaban J connectivity index is 2.75. The minimum absolute atomic E-state index is 0.0584. The van der Waals surface area contributed by atoms with Crippen LogP contribution in [0.4, 0.5) is 0 Å². The molecule has 0 fully saturated rings. The summed E-state index contributed by atoms with van der Waals surface area (Å²) in [5.74, 6) is 0.0584. The predicted molar refractivity (Wildman–Crippen MR) is 56.0 cm³/mol. The molecular weight excluding hydrogens is 230 g/mol. The molecule has 0 radical (unpaired) electrons. The number of Topliss-reactive ketones (excluding diaryl/α,β-unsaturated/α-hetero) is 1. The molecule has 1 aromatic heterocycles. The Hall–Kier alpha value is -1.09. The van der Waals surface area contributed by atoms with Crippen LogP contribution < -0.4 is 0 Å². The fraction of sp³-hybridized carbons (Fsp3) is 0.100. The van der Waals surface area contributed by atoms with Gasteiger partial charge in [-0.2, -0.15) is 0 Å². The van der Waals surface area contributed by atoms with Gasteiger partial charge < -0.3 is 4.98 Å². The number of nitrogens with one attached hydrogen (secondary N) is 1. The predicted octanol–water partition coefficient (Wildman–Crippen LogP) is 3.13. The van der Waals surface area contributed by atoms with Crippen molar-refractivity contribution in [2.45, 2.75) is 6.92 Å². The highest BCUT2D eigenvalue weighted by Gasteiger charge is 2.05. The second kappa shape index (κ2) is 3.00. The van der Waals surface area contributed by atoms with E-state index in [0.717, 1.165) is 15.4 Å². The number of carbonyl (C=O) groups is 1. The number of aromatic amines is 1. The largest absolute Gasteiger partial charge is 0.352 e. The van der Waals surface area contributed by atoms with Crippen molar-refractivity contribution in [3.63, 3.8) is 0 Å². The molecule has 3 heteroatoms. The van der Waals surface area contributed by atoms with Crippen molar-refractivity contribution < 1.29 is 4.79 Å². The van der Waals surface area contributed by atoms with Crippen LogP contribution in [-0.2, 0) is 0 Å². The van der Waals surface area contributed by atoms with E-state index in [1.807, 2.05) is 24.3 Å². The third-order valence-electron chi connectivity index (χ3n) is 1.99. The first-order valence-corrected chi connectivity index (χ1v) is 4.76. The fourth-order valence-electron chi connectivity index (χ4n) is 1.31. The van der Waals surface area contributed by atoms with Gasteiger partial charge in [0.05, 0.1) is 5.69 Å². The van der Waals surface area contributed by atoms with Crippen molar-refractivity contribution in [1.29, 1.82) is 0 Å². The van der Waals surface area contributed by atoms with Crippen LogP contribution in [0.2, 0.25) is 0 Å². The lowest BCUT2D eigenvalue weighted by molar-refractivity contribution is 0.101. The standard InChI is InChI=1S/C10H8BrNO/c1-6(13)10-5-7-8(11)3-2-4-9(7)12-10/h2-5,12H,1H3. The molecule has 66 valence electrons. The summed E-state index contributed by atoms with van der Waals surface area (Å²) in [5.41, 5.74) is 1.64. The zero-order chi connectivity index (χ0) is 9.42. The zero-order valence-electron chi connectivity index (χ0n) is 7.10. The number of carbonyl (C=O) groups excluding carboxylic acids is 1. The molecule has 1 aromatic carbocycles. The second-order valence-corrected chi connectivity index (χ2v) is 3.79. The fourth-order valence-corrected chi connectivity index (χ4v) is 1.79. The van der Waals surface area contributed by atoms with Gasteiger partial charge >= 0.3 is 0 Å². The smallest absolute Gasteiger partial charge is 0.175 e. The van der Waals surface area contributed by atoms with E-state index in [4.69, 9.17) is 0 Å². The molecule has 2 aromatic rings. The van der Waals surface area contributed by atoms with Crippen molar-refractivity contribution in [1.82, 2.24) is 4.98 Å². The maximum atomic E-state index is 11.1. The first-order valence-electron chi connectivity index (χ1n) is 3.96. The van der Waals surface area contributed by atoms with Gasteiger partial charge in [-0.1, -0.05) is 22.0 Å². The van der Waals surface area contributed by atoms with Gasteiger partial charge in [-0.05, 0) is 18.2 Å². The monoisotopic (exact) mass is 237 g/mol. The number of halogens is 1. The van der Waals surface area contributed by atoms with Gasteiger partial charge in [0.15, 0.2) is 5.78 Å². The first-order chi connectivity index (χ1) is 6.18. The summed E-state index contributed by atoms with van der Waals surface area (Å²) >= 11 is 3.43. The van der Waals surface area contributed by atoms with Crippen molar-refractivity contribution in [3.05, 3.63) is 34.4 Å². The molecular formula is C10H8BrNO. The Morgan fingerprint density at radius 2 is 2.23 bits per heavy atom. The van der Waals surface area contributed by atoms with Gasteiger partial charge in [0.1, 0.15) is 0 Å². The minimum atomic E-state index is 0.0584. The number of hydrogen-bond donors (Lipinski definition) is 1. The SMILES string of the molecule is CC(=O)c1cc2c(Br)cccc2[nH]1. The molecule has 1 heterocycles. The van der Waals surface area contributed by atoms with Crippen LogP contribution >= 0.6 is 15.9 Å². The third kappa shape index (κ3) is 1.40. The van der Waals surface area contributed by atoms with E-state index in [0.29, 0.717) is 5.69 Å².